The van der Waals surface area contributed by atoms with Gasteiger partial charge in [0.1, 0.15) is 0 Å². The van der Waals surface area contributed by atoms with Crippen LogP contribution < -0.4 is 9.47 Å². The minimum Gasteiger partial charge on any atom is -0.493 e. The molecule has 18 heavy (non-hydrogen) atoms. The SMILES string of the molecule is COc1cc(Br)c(C(Br)C2CCCC2)cc1OC. The molecule has 1 aromatic rings. The molecular formula is C14H18Br2O2. The van der Waals surface area contributed by atoms with Gasteiger partial charge in [-0.2, -0.15) is 0 Å². The molecule has 100 valence electrons. The van der Waals surface area contributed by atoms with Crippen LogP contribution in [-0.4, -0.2) is 14.2 Å². The monoisotopic (exact) mass is 376 g/mol. The third kappa shape index (κ3) is 2.85. The predicted molar refractivity (Wildman–Crippen MR) is 80.9 cm³/mol. The fourth-order valence-corrected chi connectivity index (χ4v) is 4.37. The highest BCUT2D eigenvalue weighted by Crippen LogP contribution is 2.46. The standard InChI is InChI=1S/C14H18Br2O2/c1-17-12-7-10(11(15)8-13(12)18-2)14(16)9-5-3-4-6-9/h7-9,14H,3-6H2,1-2H3. The van der Waals surface area contributed by atoms with Crippen molar-refractivity contribution in [3.63, 3.8) is 0 Å². The van der Waals surface area contributed by atoms with Gasteiger partial charge in [0.15, 0.2) is 11.5 Å². The van der Waals surface area contributed by atoms with E-state index in [-0.39, 0.29) is 0 Å². The first kappa shape index (κ1) is 14.2. The quantitative estimate of drug-likeness (QED) is 0.680. The summed E-state index contributed by atoms with van der Waals surface area (Å²) in [5.74, 6) is 2.27. The molecule has 1 fully saturated rings. The first-order valence-corrected chi connectivity index (χ1v) is 7.93. The molecule has 1 unspecified atom stereocenters. The van der Waals surface area contributed by atoms with E-state index in [9.17, 15) is 0 Å². The molecule has 1 atom stereocenters. The highest BCUT2D eigenvalue weighted by atomic mass is 79.9. The van der Waals surface area contributed by atoms with Crippen molar-refractivity contribution in [1.82, 2.24) is 0 Å². The lowest BCUT2D eigenvalue weighted by molar-refractivity contribution is 0.354. The Balaban J connectivity index is 2.31. The summed E-state index contributed by atoms with van der Waals surface area (Å²) < 4.78 is 11.8. The third-order valence-corrected chi connectivity index (χ3v) is 5.54. The maximum Gasteiger partial charge on any atom is 0.161 e. The fraction of sp³-hybridized carbons (Fsp3) is 0.571. The van der Waals surface area contributed by atoms with Gasteiger partial charge in [0.2, 0.25) is 0 Å². The molecule has 1 aliphatic rings. The van der Waals surface area contributed by atoms with E-state index in [4.69, 9.17) is 9.47 Å². The van der Waals surface area contributed by atoms with Crippen LogP contribution in [0.5, 0.6) is 11.5 Å². The van der Waals surface area contributed by atoms with Gasteiger partial charge in [-0.1, -0.05) is 44.7 Å². The van der Waals surface area contributed by atoms with Crippen LogP contribution in [0, 0.1) is 5.92 Å². The van der Waals surface area contributed by atoms with Crippen LogP contribution in [0.4, 0.5) is 0 Å². The van der Waals surface area contributed by atoms with Crippen molar-refractivity contribution < 1.29 is 9.47 Å². The number of rotatable bonds is 4. The number of halogens is 2. The summed E-state index contributed by atoms with van der Waals surface area (Å²) in [5.41, 5.74) is 1.25. The predicted octanol–water partition coefficient (Wildman–Crippen LogP) is 5.09. The molecular weight excluding hydrogens is 360 g/mol. The van der Waals surface area contributed by atoms with Crippen LogP contribution in [0.3, 0.4) is 0 Å². The molecule has 1 saturated carbocycles. The Morgan fingerprint density at radius 2 is 1.67 bits per heavy atom. The maximum absolute atomic E-state index is 5.38. The van der Waals surface area contributed by atoms with Crippen molar-refractivity contribution in [3.8, 4) is 11.5 Å². The average Bonchev–Trinajstić information content (AvgIpc) is 2.91. The molecule has 0 spiro atoms. The molecule has 1 aliphatic carbocycles. The molecule has 0 N–H and O–H groups in total. The Morgan fingerprint density at radius 1 is 1.11 bits per heavy atom. The maximum atomic E-state index is 5.38. The lowest BCUT2D eigenvalue weighted by Gasteiger charge is -2.20. The van der Waals surface area contributed by atoms with E-state index in [1.807, 2.05) is 6.07 Å². The molecule has 2 nitrogen and oxygen atoms in total. The van der Waals surface area contributed by atoms with Crippen LogP contribution in [0.15, 0.2) is 16.6 Å². The first-order valence-electron chi connectivity index (χ1n) is 6.23. The molecule has 1 aromatic carbocycles. The summed E-state index contributed by atoms with van der Waals surface area (Å²) in [6, 6.07) is 4.05. The smallest absolute Gasteiger partial charge is 0.161 e. The zero-order valence-corrected chi connectivity index (χ0v) is 13.9. The molecule has 0 heterocycles. The Morgan fingerprint density at radius 3 is 2.22 bits per heavy atom. The van der Waals surface area contributed by atoms with Crippen molar-refractivity contribution >= 4 is 31.9 Å². The number of alkyl halides is 1. The molecule has 0 saturated heterocycles. The minimum atomic E-state index is 0.384. The van der Waals surface area contributed by atoms with Crippen LogP contribution >= 0.6 is 31.9 Å². The van der Waals surface area contributed by atoms with Crippen molar-refractivity contribution in [2.45, 2.75) is 30.5 Å². The summed E-state index contributed by atoms with van der Waals surface area (Å²) in [6.45, 7) is 0. The second kappa shape index (κ2) is 6.29. The number of ether oxygens (including phenoxy) is 2. The van der Waals surface area contributed by atoms with Crippen molar-refractivity contribution in [2.24, 2.45) is 5.92 Å². The van der Waals surface area contributed by atoms with Crippen LogP contribution in [0.1, 0.15) is 36.1 Å². The fourth-order valence-electron chi connectivity index (χ4n) is 2.59. The number of methoxy groups -OCH3 is 2. The van der Waals surface area contributed by atoms with E-state index in [0.29, 0.717) is 4.83 Å². The number of hydrogen-bond acceptors (Lipinski definition) is 2. The highest BCUT2D eigenvalue weighted by molar-refractivity contribution is 9.11. The first-order chi connectivity index (χ1) is 8.67. The van der Waals surface area contributed by atoms with E-state index in [1.54, 1.807) is 14.2 Å². The Kier molecular flexibility index (Phi) is 4.96. The molecule has 0 radical (unpaired) electrons. The summed E-state index contributed by atoms with van der Waals surface area (Å²) in [7, 11) is 3.33. The van der Waals surface area contributed by atoms with Gasteiger partial charge in [-0.3, -0.25) is 0 Å². The second-order valence-corrected chi connectivity index (χ2v) is 6.52. The molecule has 0 amide bonds. The molecule has 2 rings (SSSR count). The third-order valence-electron chi connectivity index (χ3n) is 3.61. The van der Waals surface area contributed by atoms with Crippen LogP contribution in [0.2, 0.25) is 0 Å². The number of hydrogen-bond donors (Lipinski definition) is 0. The average molecular weight is 378 g/mol. The van der Waals surface area contributed by atoms with Crippen LogP contribution in [0.25, 0.3) is 0 Å². The molecule has 0 aliphatic heterocycles. The van der Waals surface area contributed by atoms with E-state index >= 15 is 0 Å². The summed E-state index contributed by atoms with van der Waals surface area (Å²) >= 11 is 7.48. The summed E-state index contributed by atoms with van der Waals surface area (Å²) in [6.07, 6.45) is 5.29. The van der Waals surface area contributed by atoms with Gasteiger partial charge in [0.05, 0.1) is 14.2 Å². The second-order valence-electron chi connectivity index (χ2n) is 4.68. The largest absolute Gasteiger partial charge is 0.493 e. The Hall–Kier alpha value is -0.220. The van der Waals surface area contributed by atoms with Gasteiger partial charge in [-0.15, -0.1) is 0 Å². The van der Waals surface area contributed by atoms with Gasteiger partial charge < -0.3 is 9.47 Å². The normalized spacial score (nSPS) is 17.8. The van der Waals surface area contributed by atoms with E-state index in [2.05, 4.69) is 37.9 Å². The minimum absolute atomic E-state index is 0.384. The van der Waals surface area contributed by atoms with E-state index < -0.39 is 0 Å². The van der Waals surface area contributed by atoms with Gasteiger partial charge in [0, 0.05) is 9.30 Å². The van der Waals surface area contributed by atoms with Gasteiger partial charge >= 0.3 is 0 Å². The zero-order valence-electron chi connectivity index (χ0n) is 10.7. The Bertz CT molecular complexity index is 415. The summed E-state index contributed by atoms with van der Waals surface area (Å²) in [4.78, 5) is 0.384. The topological polar surface area (TPSA) is 18.5 Å². The van der Waals surface area contributed by atoms with Gasteiger partial charge in [-0.05, 0) is 36.5 Å². The summed E-state index contributed by atoms with van der Waals surface area (Å²) in [5, 5.41) is 0. The lowest BCUT2D eigenvalue weighted by atomic mass is 9.97. The molecule has 4 heteroatoms. The van der Waals surface area contributed by atoms with E-state index in [0.717, 1.165) is 21.9 Å². The molecule has 0 bridgehead atoms. The molecule has 0 aromatic heterocycles. The lowest BCUT2D eigenvalue weighted by Crippen LogP contribution is -2.04. The van der Waals surface area contributed by atoms with Crippen molar-refractivity contribution in [2.75, 3.05) is 14.2 Å². The Labute approximate surface area is 125 Å². The van der Waals surface area contributed by atoms with Gasteiger partial charge in [-0.25, -0.2) is 0 Å². The number of benzene rings is 1. The van der Waals surface area contributed by atoms with Crippen LogP contribution in [-0.2, 0) is 0 Å². The van der Waals surface area contributed by atoms with Crippen molar-refractivity contribution in [3.05, 3.63) is 22.2 Å². The van der Waals surface area contributed by atoms with Gasteiger partial charge in [0.25, 0.3) is 0 Å². The highest BCUT2D eigenvalue weighted by Gasteiger charge is 2.26. The van der Waals surface area contributed by atoms with Crippen molar-refractivity contribution in [1.29, 1.82) is 0 Å². The van der Waals surface area contributed by atoms with E-state index in [1.165, 1.54) is 31.2 Å². The zero-order chi connectivity index (χ0) is 13.1.